The molecule has 7 heteroatoms. The van der Waals surface area contributed by atoms with Crippen LogP contribution in [0, 0.1) is 13.8 Å². The Balaban J connectivity index is 1.63. The molecule has 0 spiro atoms. The number of fused-ring (bicyclic) bond motifs is 1. The summed E-state index contributed by atoms with van der Waals surface area (Å²) in [6, 6.07) is 13.1. The van der Waals surface area contributed by atoms with E-state index in [1.54, 1.807) is 6.92 Å². The molecule has 1 atom stereocenters. The van der Waals surface area contributed by atoms with E-state index in [1.807, 2.05) is 56.3 Å². The molecule has 0 saturated carbocycles. The molecule has 0 radical (unpaired) electrons. The fourth-order valence-electron chi connectivity index (χ4n) is 2.53. The standard InChI is InChI=1S/C20H19ClN2O3S/c1-11-7-6-9-15(12(11)2)26-13(3)19(24)22-23-20(25)18-17(21)14-8-4-5-10-16(14)27-18/h4-10,13H,1-3H3,(H,22,24)(H,23,25). The van der Waals surface area contributed by atoms with Crippen molar-refractivity contribution in [2.24, 2.45) is 0 Å². The lowest BCUT2D eigenvalue weighted by atomic mass is 10.1. The van der Waals surface area contributed by atoms with Crippen molar-refractivity contribution < 1.29 is 14.3 Å². The van der Waals surface area contributed by atoms with Crippen LogP contribution < -0.4 is 15.6 Å². The minimum absolute atomic E-state index is 0.348. The van der Waals surface area contributed by atoms with Crippen molar-refractivity contribution in [2.75, 3.05) is 0 Å². The minimum atomic E-state index is -0.774. The van der Waals surface area contributed by atoms with Gasteiger partial charge in [0, 0.05) is 10.1 Å². The highest BCUT2D eigenvalue weighted by Gasteiger charge is 2.20. The van der Waals surface area contributed by atoms with Crippen molar-refractivity contribution in [3.63, 3.8) is 0 Å². The summed E-state index contributed by atoms with van der Waals surface area (Å²) in [6.07, 6.45) is -0.774. The average Bonchev–Trinajstić information content (AvgIpc) is 3.00. The van der Waals surface area contributed by atoms with Crippen LogP contribution in [0.1, 0.15) is 27.7 Å². The Morgan fingerprint density at radius 2 is 1.81 bits per heavy atom. The molecular formula is C20H19ClN2O3S. The van der Waals surface area contributed by atoms with Gasteiger partial charge in [-0.1, -0.05) is 41.9 Å². The van der Waals surface area contributed by atoms with Gasteiger partial charge in [-0.3, -0.25) is 20.4 Å². The molecular weight excluding hydrogens is 384 g/mol. The first-order chi connectivity index (χ1) is 12.9. The van der Waals surface area contributed by atoms with Crippen LogP contribution in [0.15, 0.2) is 42.5 Å². The summed E-state index contributed by atoms with van der Waals surface area (Å²) in [5.41, 5.74) is 6.84. The third kappa shape index (κ3) is 4.07. The molecule has 3 aromatic rings. The van der Waals surface area contributed by atoms with Gasteiger partial charge >= 0.3 is 0 Å². The molecule has 0 saturated heterocycles. The predicted octanol–water partition coefficient (Wildman–Crippen LogP) is 4.40. The number of hydrogen-bond acceptors (Lipinski definition) is 4. The maximum Gasteiger partial charge on any atom is 0.281 e. The molecule has 2 N–H and O–H groups in total. The first-order valence-electron chi connectivity index (χ1n) is 8.38. The Hall–Kier alpha value is -2.57. The number of hydrogen-bond donors (Lipinski definition) is 2. The molecule has 0 bridgehead atoms. The normalized spacial score (nSPS) is 11.9. The zero-order chi connectivity index (χ0) is 19.6. The second-order valence-electron chi connectivity index (χ2n) is 6.14. The minimum Gasteiger partial charge on any atom is -0.481 e. The quantitative estimate of drug-likeness (QED) is 0.635. The number of hydrazine groups is 1. The largest absolute Gasteiger partial charge is 0.481 e. The van der Waals surface area contributed by atoms with E-state index in [4.69, 9.17) is 16.3 Å². The first kappa shape index (κ1) is 19.2. The van der Waals surface area contributed by atoms with Gasteiger partial charge in [0.15, 0.2) is 6.10 Å². The van der Waals surface area contributed by atoms with E-state index in [-0.39, 0.29) is 0 Å². The third-order valence-corrected chi connectivity index (χ3v) is 5.94. The van der Waals surface area contributed by atoms with E-state index < -0.39 is 17.9 Å². The highest BCUT2D eigenvalue weighted by atomic mass is 35.5. The predicted molar refractivity (Wildman–Crippen MR) is 108 cm³/mol. The zero-order valence-corrected chi connectivity index (χ0v) is 16.7. The fraction of sp³-hybridized carbons (Fsp3) is 0.200. The van der Waals surface area contributed by atoms with Crippen LogP contribution in [0.25, 0.3) is 10.1 Å². The second-order valence-corrected chi connectivity index (χ2v) is 7.57. The Kier molecular flexibility index (Phi) is 5.68. The summed E-state index contributed by atoms with van der Waals surface area (Å²) in [6.45, 7) is 5.53. The maximum absolute atomic E-state index is 12.4. The Labute approximate surface area is 166 Å². The smallest absolute Gasteiger partial charge is 0.281 e. The van der Waals surface area contributed by atoms with Crippen molar-refractivity contribution >= 4 is 44.8 Å². The second kappa shape index (κ2) is 7.98. The number of carbonyl (C=O) groups is 2. The summed E-state index contributed by atoms with van der Waals surface area (Å²) >= 11 is 7.55. The van der Waals surface area contributed by atoms with Gasteiger partial charge in [-0.05, 0) is 44.0 Å². The summed E-state index contributed by atoms with van der Waals surface area (Å²) < 4.78 is 6.62. The van der Waals surface area contributed by atoms with Gasteiger partial charge in [0.25, 0.3) is 11.8 Å². The zero-order valence-electron chi connectivity index (χ0n) is 15.1. The topological polar surface area (TPSA) is 67.4 Å². The van der Waals surface area contributed by atoms with Crippen LogP contribution in [-0.2, 0) is 4.79 Å². The molecule has 0 aliphatic heterocycles. The number of ether oxygens (including phenoxy) is 1. The van der Waals surface area contributed by atoms with Gasteiger partial charge in [-0.25, -0.2) is 0 Å². The van der Waals surface area contributed by atoms with Gasteiger partial charge in [0.1, 0.15) is 10.6 Å². The summed E-state index contributed by atoms with van der Waals surface area (Å²) in [5.74, 6) is -0.286. The molecule has 2 amide bonds. The number of benzene rings is 2. The van der Waals surface area contributed by atoms with Crippen molar-refractivity contribution in [1.82, 2.24) is 10.9 Å². The van der Waals surface area contributed by atoms with Crippen LogP contribution in [0.2, 0.25) is 5.02 Å². The van der Waals surface area contributed by atoms with E-state index >= 15 is 0 Å². The molecule has 0 fully saturated rings. The molecule has 1 unspecified atom stereocenters. The molecule has 27 heavy (non-hydrogen) atoms. The molecule has 5 nitrogen and oxygen atoms in total. The van der Waals surface area contributed by atoms with Gasteiger partial charge in [0.2, 0.25) is 0 Å². The first-order valence-corrected chi connectivity index (χ1v) is 9.58. The van der Waals surface area contributed by atoms with E-state index in [1.165, 1.54) is 11.3 Å². The van der Waals surface area contributed by atoms with E-state index in [9.17, 15) is 9.59 Å². The Bertz CT molecular complexity index is 1020. The van der Waals surface area contributed by atoms with Gasteiger partial charge in [0.05, 0.1) is 5.02 Å². The number of halogens is 1. The van der Waals surface area contributed by atoms with Crippen LogP contribution in [0.5, 0.6) is 5.75 Å². The van der Waals surface area contributed by atoms with Crippen LogP contribution >= 0.6 is 22.9 Å². The lowest BCUT2D eigenvalue weighted by Crippen LogP contribution is -2.47. The highest BCUT2D eigenvalue weighted by Crippen LogP contribution is 2.34. The Morgan fingerprint density at radius 3 is 2.56 bits per heavy atom. The fourth-order valence-corrected chi connectivity index (χ4v) is 3.94. The number of aryl methyl sites for hydroxylation is 1. The van der Waals surface area contributed by atoms with Crippen LogP contribution in [0.4, 0.5) is 0 Å². The molecule has 1 aromatic heterocycles. The molecule has 3 rings (SSSR count). The Morgan fingerprint density at radius 1 is 1.07 bits per heavy atom. The molecule has 0 aliphatic carbocycles. The lowest BCUT2D eigenvalue weighted by molar-refractivity contribution is -0.128. The van der Waals surface area contributed by atoms with Crippen LogP contribution in [0.3, 0.4) is 0 Å². The van der Waals surface area contributed by atoms with E-state index in [0.29, 0.717) is 15.6 Å². The summed E-state index contributed by atoms with van der Waals surface area (Å²) in [5, 5.41) is 1.19. The number of carbonyl (C=O) groups excluding carboxylic acids is 2. The van der Waals surface area contributed by atoms with Crippen molar-refractivity contribution in [3.8, 4) is 5.75 Å². The van der Waals surface area contributed by atoms with Crippen molar-refractivity contribution in [1.29, 1.82) is 0 Å². The number of thiophene rings is 1. The molecule has 0 aliphatic rings. The monoisotopic (exact) mass is 402 g/mol. The van der Waals surface area contributed by atoms with Gasteiger partial charge < -0.3 is 4.74 Å². The number of amides is 2. The molecule has 2 aromatic carbocycles. The average molecular weight is 403 g/mol. The summed E-state index contributed by atoms with van der Waals surface area (Å²) in [7, 11) is 0. The van der Waals surface area contributed by atoms with Crippen molar-refractivity contribution in [3.05, 3.63) is 63.5 Å². The van der Waals surface area contributed by atoms with Gasteiger partial charge in [-0.15, -0.1) is 11.3 Å². The van der Waals surface area contributed by atoms with E-state index in [0.717, 1.165) is 21.2 Å². The third-order valence-electron chi connectivity index (χ3n) is 4.27. The summed E-state index contributed by atoms with van der Waals surface area (Å²) in [4.78, 5) is 25.0. The van der Waals surface area contributed by atoms with Crippen molar-refractivity contribution in [2.45, 2.75) is 26.9 Å². The SMILES string of the molecule is Cc1cccc(OC(C)C(=O)NNC(=O)c2sc3ccccc3c2Cl)c1C. The number of nitrogens with one attached hydrogen (secondary N) is 2. The van der Waals surface area contributed by atoms with Crippen LogP contribution in [-0.4, -0.2) is 17.9 Å². The number of rotatable bonds is 4. The lowest BCUT2D eigenvalue weighted by Gasteiger charge is -2.17. The van der Waals surface area contributed by atoms with Gasteiger partial charge in [-0.2, -0.15) is 0 Å². The highest BCUT2D eigenvalue weighted by molar-refractivity contribution is 7.21. The van der Waals surface area contributed by atoms with E-state index in [2.05, 4.69) is 10.9 Å². The maximum atomic E-state index is 12.4. The molecule has 1 heterocycles. The molecule has 140 valence electrons.